The quantitative estimate of drug-likeness (QED) is 0.713. The Morgan fingerprint density at radius 2 is 1.92 bits per heavy atom. The first kappa shape index (κ1) is 19.1. The number of hydrogen-bond donors (Lipinski definition) is 1. The van der Waals surface area contributed by atoms with Crippen LogP contribution in [0.25, 0.3) is 0 Å². The summed E-state index contributed by atoms with van der Waals surface area (Å²) in [6.45, 7) is 6.73. The fraction of sp³-hybridized carbons (Fsp3) is 0.350. The summed E-state index contributed by atoms with van der Waals surface area (Å²) in [6, 6.07) is 13.2. The van der Waals surface area contributed by atoms with Gasteiger partial charge in [-0.25, -0.2) is 0 Å². The van der Waals surface area contributed by atoms with Gasteiger partial charge in [0.1, 0.15) is 18.1 Å². The molecule has 0 saturated heterocycles. The molecule has 0 aromatic heterocycles. The number of halogens is 1. The standard InChI is InChI=1S/C20H24ClNO3/c1-4-17(25-18-8-6-5-7-16(18)21)20(23)22-11-12-24-19-13-14(2)9-10-15(19)3/h5-10,13,17H,4,11-12H2,1-3H3,(H,22,23)/t17-/m0/s1. The predicted octanol–water partition coefficient (Wildman–Crippen LogP) is 4.31. The smallest absolute Gasteiger partial charge is 0.261 e. The van der Waals surface area contributed by atoms with E-state index in [1.807, 2.05) is 51.1 Å². The van der Waals surface area contributed by atoms with E-state index < -0.39 is 6.10 Å². The Morgan fingerprint density at radius 1 is 1.16 bits per heavy atom. The number of nitrogens with one attached hydrogen (secondary N) is 1. The highest BCUT2D eigenvalue weighted by Gasteiger charge is 2.19. The number of ether oxygens (including phenoxy) is 2. The Morgan fingerprint density at radius 3 is 2.64 bits per heavy atom. The minimum atomic E-state index is -0.583. The van der Waals surface area contributed by atoms with Gasteiger partial charge in [-0.15, -0.1) is 0 Å². The van der Waals surface area contributed by atoms with Gasteiger partial charge in [-0.05, 0) is 49.6 Å². The maximum atomic E-state index is 12.3. The molecular weight excluding hydrogens is 338 g/mol. The third kappa shape index (κ3) is 5.68. The Balaban J connectivity index is 1.82. The molecule has 2 aromatic rings. The largest absolute Gasteiger partial charge is 0.491 e. The minimum absolute atomic E-state index is 0.174. The molecular formula is C20H24ClNO3. The van der Waals surface area contributed by atoms with E-state index in [-0.39, 0.29) is 5.91 Å². The van der Waals surface area contributed by atoms with E-state index in [9.17, 15) is 4.79 Å². The van der Waals surface area contributed by atoms with Gasteiger partial charge in [-0.3, -0.25) is 4.79 Å². The number of carbonyl (C=O) groups excluding carboxylic acids is 1. The average Bonchev–Trinajstić information content (AvgIpc) is 2.60. The zero-order chi connectivity index (χ0) is 18.2. The molecule has 1 N–H and O–H groups in total. The summed E-state index contributed by atoms with van der Waals surface area (Å²) in [5, 5.41) is 3.34. The van der Waals surface area contributed by atoms with Gasteiger partial charge in [-0.2, -0.15) is 0 Å². The number of hydrogen-bond acceptors (Lipinski definition) is 3. The first-order valence-corrected chi connectivity index (χ1v) is 8.78. The summed E-state index contributed by atoms with van der Waals surface area (Å²) >= 11 is 6.08. The van der Waals surface area contributed by atoms with E-state index in [1.165, 1.54) is 0 Å². The molecule has 134 valence electrons. The fourth-order valence-corrected chi connectivity index (χ4v) is 2.51. The second kappa shape index (κ2) is 9.33. The number of rotatable bonds is 8. The molecule has 0 aliphatic carbocycles. The summed E-state index contributed by atoms with van der Waals surface area (Å²) in [6.07, 6.45) is -0.0323. The molecule has 1 amide bonds. The van der Waals surface area contributed by atoms with Crippen LogP contribution in [0.2, 0.25) is 5.02 Å². The normalized spacial score (nSPS) is 11.7. The Kier molecular flexibility index (Phi) is 7.14. The molecule has 0 spiro atoms. The van der Waals surface area contributed by atoms with Crippen LogP contribution in [0.5, 0.6) is 11.5 Å². The van der Waals surface area contributed by atoms with Gasteiger partial charge in [0.25, 0.3) is 5.91 Å². The van der Waals surface area contributed by atoms with Crippen molar-refractivity contribution in [3.05, 3.63) is 58.6 Å². The first-order chi connectivity index (χ1) is 12.0. The second-order valence-corrected chi connectivity index (χ2v) is 6.26. The lowest BCUT2D eigenvalue weighted by atomic mass is 10.1. The van der Waals surface area contributed by atoms with Gasteiger partial charge in [0.05, 0.1) is 11.6 Å². The molecule has 2 rings (SSSR count). The van der Waals surface area contributed by atoms with Crippen LogP contribution in [0.1, 0.15) is 24.5 Å². The summed E-state index contributed by atoms with van der Waals surface area (Å²) < 4.78 is 11.5. The van der Waals surface area contributed by atoms with Crippen molar-refractivity contribution in [2.45, 2.75) is 33.3 Å². The van der Waals surface area contributed by atoms with Crippen molar-refractivity contribution in [3.8, 4) is 11.5 Å². The lowest BCUT2D eigenvalue weighted by molar-refractivity contribution is -0.128. The monoisotopic (exact) mass is 361 g/mol. The molecule has 5 heteroatoms. The third-order valence-corrected chi connectivity index (χ3v) is 4.08. The van der Waals surface area contributed by atoms with Gasteiger partial charge in [0.15, 0.2) is 6.10 Å². The lowest BCUT2D eigenvalue weighted by Gasteiger charge is -2.18. The van der Waals surface area contributed by atoms with Gasteiger partial charge in [0.2, 0.25) is 0 Å². The predicted molar refractivity (Wildman–Crippen MR) is 101 cm³/mol. The molecule has 1 atom stereocenters. The van der Waals surface area contributed by atoms with Crippen LogP contribution in [0.15, 0.2) is 42.5 Å². The van der Waals surface area contributed by atoms with Crippen molar-refractivity contribution in [2.75, 3.05) is 13.2 Å². The van der Waals surface area contributed by atoms with Crippen LogP contribution in [0.4, 0.5) is 0 Å². The summed E-state index contributed by atoms with van der Waals surface area (Å²) in [5.74, 6) is 1.18. The Bertz CT molecular complexity index is 718. The molecule has 0 aliphatic heterocycles. The van der Waals surface area contributed by atoms with E-state index in [2.05, 4.69) is 5.32 Å². The van der Waals surface area contributed by atoms with Gasteiger partial charge < -0.3 is 14.8 Å². The molecule has 4 nitrogen and oxygen atoms in total. The molecule has 0 saturated carbocycles. The van der Waals surface area contributed by atoms with Crippen molar-refractivity contribution < 1.29 is 14.3 Å². The molecule has 25 heavy (non-hydrogen) atoms. The van der Waals surface area contributed by atoms with Crippen molar-refractivity contribution >= 4 is 17.5 Å². The van der Waals surface area contributed by atoms with Gasteiger partial charge in [0, 0.05) is 0 Å². The van der Waals surface area contributed by atoms with Crippen molar-refractivity contribution in [1.82, 2.24) is 5.32 Å². The highest BCUT2D eigenvalue weighted by Crippen LogP contribution is 2.24. The fourth-order valence-electron chi connectivity index (χ4n) is 2.33. The topological polar surface area (TPSA) is 47.6 Å². The second-order valence-electron chi connectivity index (χ2n) is 5.85. The molecule has 0 aliphatic rings. The summed E-state index contributed by atoms with van der Waals surface area (Å²) in [7, 11) is 0. The Labute approximate surface area is 154 Å². The van der Waals surface area contributed by atoms with E-state index in [0.717, 1.165) is 16.9 Å². The molecule has 0 fully saturated rings. The number of para-hydroxylation sites is 1. The van der Waals surface area contributed by atoms with Crippen LogP contribution >= 0.6 is 11.6 Å². The van der Waals surface area contributed by atoms with Crippen molar-refractivity contribution in [2.24, 2.45) is 0 Å². The van der Waals surface area contributed by atoms with Crippen LogP contribution < -0.4 is 14.8 Å². The zero-order valence-electron chi connectivity index (χ0n) is 14.8. The van der Waals surface area contributed by atoms with Gasteiger partial charge in [-0.1, -0.05) is 42.8 Å². The van der Waals surface area contributed by atoms with E-state index in [4.69, 9.17) is 21.1 Å². The Hall–Kier alpha value is -2.20. The third-order valence-electron chi connectivity index (χ3n) is 3.77. The first-order valence-electron chi connectivity index (χ1n) is 8.40. The highest BCUT2D eigenvalue weighted by atomic mass is 35.5. The van der Waals surface area contributed by atoms with E-state index in [0.29, 0.717) is 30.3 Å². The number of aryl methyl sites for hydroxylation is 2. The lowest BCUT2D eigenvalue weighted by Crippen LogP contribution is -2.39. The highest BCUT2D eigenvalue weighted by molar-refractivity contribution is 6.32. The zero-order valence-corrected chi connectivity index (χ0v) is 15.6. The molecule has 0 heterocycles. The molecule has 0 unspecified atom stereocenters. The maximum absolute atomic E-state index is 12.3. The van der Waals surface area contributed by atoms with Crippen molar-refractivity contribution in [1.29, 1.82) is 0 Å². The van der Waals surface area contributed by atoms with Crippen LogP contribution in [0.3, 0.4) is 0 Å². The van der Waals surface area contributed by atoms with E-state index >= 15 is 0 Å². The van der Waals surface area contributed by atoms with Crippen LogP contribution in [0, 0.1) is 13.8 Å². The number of benzene rings is 2. The SMILES string of the molecule is CC[C@H](Oc1ccccc1Cl)C(=O)NCCOc1cc(C)ccc1C. The average molecular weight is 362 g/mol. The number of amides is 1. The van der Waals surface area contributed by atoms with Crippen LogP contribution in [-0.4, -0.2) is 25.2 Å². The summed E-state index contributed by atoms with van der Waals surface area (Å²) in [5.41, 5.74) is 2.22. The van der Waals surface area contributed by atoms with Gasteiger partial charge >= 0.3 is 0 Å². The van der Waals surface area contributed by atoms with Crippen LogP contribution in [-0.2, 0) is 4.79 Å². The number of carbonyl (C=O) groups is 1. The van der Waals surface area contributed by atoms with E-state index in [1.54, 1.807) is 12.1 Å². The molecule has 2 aromatic carbocycles. The molecule has 0 bridgehead atoms. The summed E-state index contributed by atoms with van der Waals surface area (Å²) in [4.78, 5) is 12.3. The minimum Gasteiger partial charge on any atom is -0.491 e. The molecule has 0 radical (unpaired) electrons. The maximum Gasteiger partial charge on any atom is 0.261 e. The van der Waals surface area contributed by atoms with Crippen molar-refractivity contribution in [3.63, 3.8) is 0 Å².